The number of H-pyrrole nitrogens is 1. The first-order chi connectivity index (χ1) is 7.63. The SMILES string of the molecule is CC(C)C(C#N)CN(C)CCc1ccc[nH]1. The molecule has 0 saturated carbocycles. The van der Waals surface area contributed by atoms with Crippen molar-refractivity contribution >= 4 is 0 Å². The average Bonchev–Trinajstić information content (AvgIpc) is 2.75. The van der Waals surface area contributed by atoms with Gasteiger partial charge in [0.25, 0.3) is 0 Å². The Bertz CT molecular complexity index is 321. The summed E-state index contributed by atoms with van der Waals surface area (Å²) >= 11 is 0. The largest absolute Gasteiger partial charge is 0.365 e. The monoisotopic (exact) mass is 219 g/mol. The van der Waals surface area contributed by atoms with Gasteiger partial charge in [0, 0.05) is 31.4 Å². The fraction of sp³-hybridized carbons (Fsp3) is 0.615. The molecule has 0 aromatic carbocycles. The van der Waals surface area contributed by atoms with E-state index in [9.17, 15) is 0 Å². The van der Waals surface area contributed by atoms with Gasteiger partial charge in [0.1, 0.15) is 0 Å². The molecule has 3 nitrogen and oxygen atoms in total. The summed E-state index contributed by atoms with van der Waals surface area (Å²) < 4.78 is 0. The van der Waals surface area contributed by atoms with Crippen molar-refractivity contribution in [2.24, 2.45) is 11.8 Å². The van der Waals surface area contributed by atoms with E-state index in [2.05, 4.69) is 42.9 Å². The van der Waals surface area contributed by atoms with Crippen LogP contribution in [0.4, 0.5) is 0 Å². The molecule has 88 valence electrons. The van der Waals surface area contributed by atoms with Crippen LogP contribution < -0.4 is 0 Å². The Morgan fingerprint density at radius 1 is 1.50 bits per heavy atom. The summed E-state index contributed by atoms with van der Waals surface area (Å²) in [5.41, 5.74) is 1.25. The summed E-state index contributed by atoms with van der Waals surface area (Å²) in [4.78, 5) is 5.42. The Hall–Kier alpha value is -1.27. The van der Waals surface area contributed by atoms with Gasteiger partial charge in [0.15, 0.2) is 0 Å². The van der Waals surface area contributed by atoms with E-state index in [1.807, 2.05) is 12.3 Å². The molecular weight excluding hydrogens is 198 g/mol. The highest BCUT2D eigenvalue weighted by Gasteiger charge is 2.14. The summed E-state index contributed by atoms with van der Waals surface area (Å²) in [5, 5.41) is 9.01. The minimum atomic E-state index is 0.133. The summed E-state index contributed by atoms with van der Waals surface area (Å²) in [6, 6.07) is 6.49. The molecule has 1 heterocycles. The van der Waals surface area contributed by atoms with Gasteiger partial charge in [-0.25, -0.2) is 0 Å². The number of aromatic nitrogens is 1. The zero-order valence-electron chi connectivity index (χ0n) is 10.4. The molecule has 1 N–H and O–H groups in total. The second-order valence-corrected chi connectivity index (χ2v) is 4.69. The van der Waals surface area contributed by atoms with Crippen LogP contribution in [0.25, 0.3) is 0 Å². The van der Waals surface area contributed by atoms with Crippen molar-refractivity contribution in [2.45, 2.75) is 20.3 Å². The predicted molar refractivity (Wildman–Crippen MR) is 65.9 cm³/mol. The number of rotatable bonds is 6. The van der Waals surface area contributed by atoms with Crippen molar-refractivity contribution in [3.63, 3.8) is 0 Å². The van der Waals surface area contributed by atoms with Crippen molar-refractivity contribution in [1.82, 2.24) is 9.88 Å². The maximum absolute atomic E-state index is 9.01. The van der Waals surface area contributed by atoms with E-state index in [-0.39, 0.29) is 5.92 Å². The molecule has 16 heavy (non-hydrogen) atoms. The molecule has 1 rings (SSSR count). The highest BCUT2D eigenvalue weighted by Crippen LogP contribution is 2.11. The molecule has 0 saturated heterocycles. The Morgan fingerprint density at radius 2 is 2.25 bits per heavy atom. The maximum Gasteiger partial charge on any atom is 0.0671 e. The Kier molecular flexibility index (Phi) is 5.07. The van der Waals surface area contributed by atoms with Gasteiger partial charge in [-0.3, -0.25) is 0 Å². The topological polar surface area (TPSA) is 42.8 Å². The number of hydrogen-bond acceptors (Lipinski definition) is 2. The van der Waals surface area contributed by atoms with Crippen LogP contribution in [0.2, 0.25) is 0 Å². The standard InChI is InChI=1S/C13H21N3/c1-11(2)12(9-14)10-16(3)8-6-13-5-4-7-15-13/h4-5,7,11-12,15H,6,8,10H2,1-3H3. The molecule has 1 unspecified atom stereocenters. The van der Waals surface area contributed by atoms with Crippen LogP contribution >= 0.6 is 0 Å². The first kappa shape index (κ1) is 12.8. The third-order valence-electron chi connectivity index (χ3n) is 2.90. The highest BCUT2D eigenvalue weighted by molar-refractivity contribution is 5.03. The van der Waals surface area contributed by atoms with Crippen molar-refractivity contribution in [2.75, 3.05) is 20.1 Å². The van der Waals surface area contributed by atoms with Crippen LogP contribution in [-0.4, -0.2) is 30.0 Å². The van der Waals surface area contributed by atoms with Gasteiger partial charge in [0.05, 0.1) is 12.0 Å². The van der Waals surface area contributed by atoms with Crippen molar-refractivity contribution in [3.8, 4) is 6.07 Å². The molecule has 0 spiro atoms. The lowest BCUT2D eigenvalue weighted by molar-refractivity contribution is 0.274. The third-order valence-corrected chi connectivity index (χ3v) is 2.90. The first-order valence-corrected chi connectivity index (χ1v) is 5.84. The second kappa shape index (κ2) is 6.34. The molecule has 0 radical (unpaired) electrons. The van der Waals surface area contributed by atoms with Crippen LogP contribution in [0.3, 0.4) is 0 Å². The number of hydrogen-bond donors (Lipinski definition) is 1. The minimum absolute atomic E-state index is 0.133. The fourth-order valence-electron chi connectivity index (χ4n) is 1.66. The van der Waals surface area contributed by atoms with Gasteiger partial charge in [-0.1, -0.05) is 13.8 Å². The van der Waals surface area contributed by atoms with Crippen molar-refractivity contribution in [1.29, 1.82) is 5.26 Å². The number of nitrogens with one attached hydrogen (secondary N) is 1. The summed E-state index contributed by atoms with van der Waals surface area (Å²) in [7, 11) is 2.08. The molecule has 0 aliphatic carbocycles. The van der Waals surface area contributed by atoms with Gasteiger partial charge in [-0.2, -0.15) is 5.26 Å². The maximum atomic E-state index is 9.01. The lowest BCUT2D eigenvalue weighted by atomic mass is 9.97. The van der Waals surface area contributed by atoms with Crippen molar-refractivity contribution in [3.05, 3.63) is 24.0 Å². The molecule has 1 aromatic rings. The van der Waals surface area contributed by atoms with E-state index in [1.165, 1.54) is 5.69 Å². The van der Waals surface area contributed by atoms with E-state index in [0.717, 1.165) is 19.5 Å². The van der Waals surface area contributed by atoms with Crippen molar-refractivity contribution < 1.29 is 0 Å². The normalized spacial score (nSPS) is 13.0. The van der Waals surface area contributed by atoms with E-state index < -0.39 is 0 Å². The zero-order valence-corrected chi connectivity index (χ0v) is 10.4. The van der Waals surface area contributed by atoms with E-state index in [1.54, 1.807) is 0 Å². The Morgan fingerprint density at radius 3 is 2.75 bits per heavy atom. The van der Waals surface area contributed by atoms with E-state index >= 15 is 0 Å². The summed E-state index contributed by atoms with van der Waals surface area (Å²) in [5.74, 6) is 0.562. The number of nitrogens with zero attached hydrogens (tertiary/aromatic N) is 2. The Balaban J connectivity index is 2.30. The average molecular weight is 219 g/mol. The van der Waals surface area contributed by atoms with Crippen LogP contribution in [0.1, 0.15) is 19.5 Å². The smallest absolute Gasteiger partial charge is 0.0671 e. The molecule has 1 atom stereocenters. The van der Waals surface area contributed by atoms with Gasteiger partial charge >= 0.3 is 0 Å². The molecule has 0 aliphatic heterocycles. The lowest BCUT2D eigenvalue weighted by Crippen LogP contribution is -2.29. The summed E-state index contributed by atoms with van der Waals surface area (Å²) in [6.45, 7) is 6.06. The molecule has 3 heteroatoms. The third kappa shape index (κ3) is 4.08. The minimum Gasteiger partial charge on any atom is -0.365 e. The number of aromatic amines is 1. The van der Waals surface area contributed by atoms with E-state index in [4.69, 9.17) is 5.26 Å². The molecule has 1 aromatic heterocycles. The van der Waals surface area contributed by atoms with Gasteiger partial charge < -0.3 is 9.88 Å². The van der Waals surface area contributed by atoms with Gasteiger partial charge in [-0.15, -0.1) is 0 Å². The predicted octanol–water partition coefficient (Wildman–Crippen LogP) is 2.28. The molecule has 0 aliphatic rings. The molecule has 0 bridgehead atoms. The molecule has 0 fully saturated rings. The van der Waals surface area contributed by atoms with E-state index in [0.29, 0.717) is 5.92 Å². The molecule has 0 amide bonds. The number of nitriles is 1. The first-order valence-electron chi connectivity index (χ1n) is 5.84. The highest BCUT2D eigenvalue weighted by atomic mass is 15.1. The van der Waals surface area contributed by atoms with Gasteiger partial charge in [0.2, 0.25) is 0 Å². The van der Waals surface area contributed by atoms with Gasteiger partial charge in [-0.05, 0) is 25.1 Å². The van der Waals surface area contributed by atoms with Crippen LogP contribution in [0.5, 0.6) is 0 Å². The Labute approximate surface area is 98.1 Å². The quantitative estimate of drug-likeness (QED) is 0.797. The zero-order chi connectivity index (χ0) is 12.0. The fourth-order valence-corrected chi connectivity index (χ4v) is 1.66. The lowest BCUT2D eigenvalue weighted by Gasteiger charge is -2.21. The van der Waals surface area contributed by atoms with Crippen LogP contribution in [0.15, 0.2) is 18.3 Å². The molecular formula is C13H21N3. The van der Waals surface area contributed by atoms with Crippen LogP contribution in [0, 0.1) is 23.2 Å². The second-order valence-electron chi connectivity index (χ2n) is 4.69. The number of likely N-dealkylation sites (N-methyl/N-ethyl adjacent to an activating group) is 1. The summed E-state index contributed by atoms with van der Waals surface area (Å²) in [6.07, 6.45) is 2.96. The van der Waals surface area contributed by atoms with Crippen LogP contribution in [-0.2, 0) is 6.42 Å².